The van der Waals surface area contributed by atoms with Crippen molar-refractivity contribution < 1.29 is 4.79 Å². The average Bonchev–Trinajstić information content (AvgIpc) is 3.31. The third kappa shape index (κ3) is 3.10. The molecule has 0 spiro atoms. The number of carbonyl (C=O) groups is 1. The highest BCUT2D eigenvalue weighted by Gasteiger charge is 2.27. The van der Waals surface area contributed by atoms with Gasteiger partial charge in [0.2, 0.25) is 5.91 Å². The van der Waals surface area contributed by atoms with E-state index in [9.17, 15) is 4.79 Å². The van der Waals surface area contributed by atoms with Crippen LogP contribution in [-0.4, -0.2) is 39.5 Å². The summed E-state index contributed by atoms with van der Waals surface area (Å²) in [5.41, 5.74) is 8.91. The Bertz CT molecular complexity index is 903. The molecule has 1 aromatic heterocycles. The van der Waals surface area contributed by atoms with Crippen molar-refractivity contribution in [2.24, 2.45) is 5.73 Å². The molecule has 0 saturated carbocycles. The zero-order chi connectivity index (χ0) is 17.9. The molecule has 1 aliphatic rings. The van der Waals surface area contributed by atoms with E-state index in [2.05, 4.69) is 22.8 Å². The summed E-state index contributed by atoms with van der Waals surface area (Å²) < 4.78 is 2.16. The maximum Gasteiger partial charge on any atom is 0.223 e. The fourth-order valence-electron chi connectivity index (χ4n) is 3.88. The van der Waals surface area contributed by atoms with Crippen LogP contribution in [0.1, 0.15) is 25.1 Å². The first-order chi connectivity index (χ1) is 12.8. The van der Waals surface area contributed by atoms with Crippen molar-refractivity contribution in [3.63, 3.8) is 0 Å². The van der Waals surface area contributed by atoms with E-state index in [1.54, 1.807) is 0 Å². The van der Waals surface area contributed by atoms with E-state index in [0.29, 0.717) is 19.4 Å². The van der Waals surface area contributed by atoms with E-state index < -0.39 is 0 Å². The van der Waals surface area contributed by atoms with Gasteiger partial charge in [-0.1, -0.05) is 30.3 Å². The molecule has 4 rings (SSSR count). The Balaban J connectivity index is 1.61. The molecule has 26 heavy (non-hydrogen) atoms. The summed E-state index contributed by atoms with van der Waals surface area (Å²) in [4.78, 5) is 19.4. The summed E-state index contributed by atoms with van der Waals surface area (Å²) in [7, 11) is 0. The molecule has 0 aliphatic carbocycles. The highest BCUT2D eigenvalue weighted by molar-refractivity contribution is 5.79. The number of aromatic nitrogens is 2. The molecular formula is C21H24N4O. The second-order valence-corrected chi connectivity index (χ2v) is 6.81. The normalized spacial score (nSPS) is 17.1. The van der Waals surface area contributed by atoms with E-state index >= 15 is 0 Å². The molecule has 1 unspecified atom stereocenters. The molecule has 3 aromatic rings. The maximum atomic E-state index is 12.7. The van der Waals surface area contributed by atoms with Crippen molar-refractivity contribution in [1.82, 2.24) is 14.5 Å². The quantitative estimate of drug-likeness (QED) is 0.771. The van der Waals surface area contributed by atoms with Crippen LogP contribution in [0.4, 0.5) is 0 Å². The van der Waals surface area contributed by atoms with E-state index in [1.807, 2.05) is 41.3 Å². The molecule has 2 N–H and O–H groups in total. The highest BCUT2D eigenvalue weighted by atomic mass is 16.2. The number of nitrogens with two attached hydrogens (primary N) is 1. The monoisotopic (exact) mass is 348 g/mol. The number of rotatable bonds is 5. The third-order valence-electron chi connectivity index (χ3n) is 5.18. The first-order valence-corrected chi connectivity index (χ1v) is 9.29. The minimum atomic E-state index is 0.185. The molecular weight excluding hydrogens is 324 g/mol. The van der Waals surface area contributed by atoms with Crippen molar-refractivity contribution >= 4 is 16.9 Å². The zero-order valence-corrected chi connectivity index (χ0v) is 14.8. The van der Waals surface area contributed by atoms with Gasteiger partial charge in [-0.25, -0.2) is 4.98 Å². The van der Waals surface area contributed by atoms with E-state index in [-0.39, 0.29) is 11.9 Å². The fourth-order valence-corrected chi connectivity index (χ4v) is 3.88. The van der Waals surface area contributed by atoms with Crippen LogP contribution in [0.5, 0.6) is 0 Å². The summed E-state index contributed by atoms with van der Waals surface area (Å²) in [6.45, 7) is 1.38. The second-order valence-electron chi connectivity index (χ2n) is 6.81. The van der Waals surface area contributed by atoms with Crippen molar-refractivity contribution in [1.29, 1.82) is 0 Å². The van der Waals surface area contributed by atoms with Crippen molar-refractivity contribution in [2.45, 2.75) is 31.7 Å². The smallest absolute Gasteiger partial charge is 0.223 e. The van der Waals surface area contributed by atoms with Gasteiger partial charge in [-0.3, -0.25) is 9.36 Å². The largest absolute Gasteiger partial charge is 0.338 e. The lowest BCUT2D eigenvalue weighted by Crippen LogP contribution is -2.40. The number of fused-ring (bicyclic) bond motifs is 1. The zero-order valence-electron chi connectivity index (χ0n) is 14.8. The van der Waals surface area contributed by atoms with Gasteiger partial charge in [0, 0.05) is 37.7 Å². The van der Waals surface area contributed by atoms with Crippen molar-refractivity contribution in [2.75, 3.05) is 13.1 Å². The molecule has 1 atom stereocenters. The van der Waals surface area contributed by atoms with E-state index in [1.165, 1.54) is 0 Å². The Labute approximate surface area is 153 Å². The van der Waals surface area contributed by atoms with Crippen LogP contribution in [0.2, 0.25) is 0 Å². The van der Waals surface area contributed by atoms with Gasteiger partial charge in [0.15, 0.2) is 0 Å². The molecule has 2 heterocycles. The van der Waals surface area contributed by atoms with Gasteiger partial charge in [-0.15, -0.1) is 0 Å². The van der Waals surface area contributed by atoms with Crippen LogP contribution in [0.3, 0.4) is 0 Å². The SMILES string of the molecule is NCC1CCCN1C(=O)CCc1nc2ccccc2n1-c1ccccc1. The topological polar surface area (TPSA) is 64.2 Å². The Morgan fingerprint density at radius 3 is 2.69 bits per heavy atom. The number of aryl methyl sites for hydroxylation is 1. The number of hydrogen-bond acceptors (Lipinski definition) is 3. The summed E-state index contributed by atoms with van der Waals surface area (Å²) in [5.74, 6) is 1.11. The summed E-state index contributed by atoms with van der Waals surface area (Å²) in [5, 5.41) is 0. The molecule has 5 heteroatoms. The number of carbonyl (C=O) groups excluding carboxylic acids is 1. The lowest BCUT2D eigenvalue weighted by molar-refractivity contribution is -0.131. The number of likely N-dealkylation sites (tertiary alicyclic amines) is 1. The minimum Gasteiger partial charge on any atom is -0.338 e. The maximum absolute atomic E-state index is 12.7. The summed E-state index contributed by atoms with van der Waals surface area (Å²) in [6.07, 6.45) is 3.16. The van der Waals surface area contributed by atoms with Crippen LogP contribution < -0.4 is 5.73 Å². The Kier molecular flexibility index (Phi) is 4.71. The van der Waals surface area contributed by atoms with Crippen molar-refractivity contribution in [3.05, 3.63) is 60.4 Å². The molecule has 0 radical (unpaired) electrons. The van der Waals surface area contributed by atoms with Crippen LogP contribution in [0.25, 0.3) is 16.7 Å². The number of nitrogens with zero attached hydrogens (tertiary/aromatic N) is 3. The second kappa shape index (κ2) is 7.30. The van der Waals surface area contributed by atoms with Gasteiger partial charge in [0.1, 0.15) is 5.82 Å². The molecule has 5 nitrogen and oxygen atoms in total. The Hall–Kier alpha value is -2.66. The van der Waals surface area contributed by atoms with E-state index in [0.717, 1.165) is 41.9 Å². The predicted octanol–water partition coefficient (Wildman–Crippen LogP) is 2.91. The van der Waals surface area contributed by atoms with Crippen LogP contribution in [0, 0.1) is 0 Å². The Morgan fingerprint density at radius 1 is 1.12 bits per heavy atom. The van der Waals surface area contributed by atoms with Gasteiger partial charge in [0.05, 0.1) is 11.0 Å². The molecule has 1 aliphatic heterocycles. The van der Waals surface area contributed by atoms with Gasteiger partial charge < -0.3 is 10.6 Å². The van der Waals surface area contributed by atoms with E-state index in [4.69, 9.17) is 10.7 Å². The first-order valence-electron chi connectivity index (χ1n) is 9.29. The number of hydrogen-bond donors (Lipinski definition) is 1. The van der Waals surface area contributed by atoms with Gasteiger partial charge in [0.25, 0.3) is 0 Å². The number of para-hydroxylation sites is 3. The first kappa shape index (κ1) is 16.8. The minimum absolute atomic E-state index is 0.185. The average molecular weight is 348 g/mol. The van der Waals surface area contributed by atoms with Crippen LogP contribution in [0.15, 0.2) is 54.6 Å². The molecule has 0 bridgehead atoms. The van der Waals surface area contributed by atoms with Crippen molar-refractivity contribution in [3.8, 4) is 5.69 Å². The number of imidazole rings is 1. The highest BCUT2D eigenvalue weighted by Crippen LogP contribution is 2.23. The van der Waals surface area contributed by atoms with Crippen LogP contribution in [-0.2, 0) is 11.2 Å². The summed E-state index contributed by atoms with van der Waals surface area (Å²) in [6, 6.07) is 18.5. The lowest BCUT2D eigenvalue weighted by Gasteiger charge is -2.23. The fraction of sp³-hybridized carbons (Fsp3) is 0.333. The van der Waals surface area contributed by atoms with Crippen LogP contribution >= 0.6 is 0 Å². The van der Waals surface area contributed by atoms with Gasteiger partial charge >= 0.3 is 0 Å². The van der Waals surface area contributed by atoms with Gasteiger partial charge in [-0.2, -0.15) is 0 Å². The number of amides is 1. The molecule has 1 amide bonds. The van der Waals surface area contributed by atoms with Gasteiger partial charge in [-0.05, 0) is 37.1 Å². The lowest BCUT2D eigenvalue weighted by atomic mass is 10.2. The Morgan fingerprint density at radius 2 is 1.88 bits per heavy atom. The molecule has 1 saturated heterocycles. The predicted molar refractivity (Wildman–Crippen MR) is 103 cm³/mol. The standard InChI is InChI=1S/C21H24N4O/c22-15-17-9-6-14-24(17)21(26)13-12-20-23-18-10-4-5-11-19(18)25(20)16-7-2-1-3-8-16/h1-5,7-8,10-11,17H,6,9,12-15,22H2. The molecule has 134 valence electrons. The molecule has 2 aromatic carbocycles. The third-order valence-corrected chi connectivity index (χ3v) is 5.18. The molecule has 1 fully saturated rings. The number of benzene rings is 2. The summed E-state index contributed by atoms with van der Waals surface area (Å²) >= 11 is 0.